The molecule has 31 heavy (non-hydrogen) atoms. The van der Waals surface area contributed by atoms with Crippen LogP contribution in [0.3, 0.4) is 0 Å². The Balaban J connectivity index is 1.73. The highest BCUT2D eigenvalue weighted by atomic mass is 35.5. The van der Waals surface area contributed by atoms with Crippen LogP contribution in [0.2, 0.25) is 5.02 Å². The van der Waals surface area contributed by atoms with Gasteiger partial charge in [-0.1, -0.05) is 31.4 Å². The molecule has 9 nitrogen and oxygen atoms in total. The van der Waals surface area contributed by atoms with E-state index in [0.717, 1.165) is 25.1 Å². The fourth-order valence-corrected chi connectivity index (χ4v) is 4.78. The van der Waals surface area contributed by atoms with Gasteiger partial charge in [-0.2, -0.15) is 4.98 Å². The van der Waals surface area contributed by atoms with Gasteiger partial charge in [-0.25, -0.2) is 9.78 Å². The van der Waals surface area contributed by atoms with Gasteiger partial charge in [0.15, 0.2) is 5.82 Å². The van der Waals surface area contributed by atoms with Crippen LogP contribution in [0.4, 0.5) is 23.1 Å². The second kappa shape index (κ2) is 8.68. The zero-order chi connectivity index (χ0) is 22.1. The quantitative estimate of drug-likeness (QED) is 0.391. The van der Waals surface area contributed by atoms with Crippen LogP contribution in [0.5, 0.6) is 0 Å². The first-order chi connectivity index (χ1) is 14.9. The number of benzene rings is 1. The molecule has 2 atom stereocenters. The minimum atomic E-state index is -1.04. The monoisotopic (exact) mass is 443 g/mol. The van der Waals surface area contributed by atoms with Crippen LogP contribution in [0.1, 0.15) is 49.4 Å². The van der Waals surface area contributed by atoms with Gasteiger partial charge in [-0.05, 0) is 37.5 Å². The normalized spacial score (nSPS) is 21.1. The molecule has 2 heterocycles. The molecule has 2 unspecified atom stereocenters. The van der Waals surface area contributed by atoms with Crippen LogP contribution in [-0.2, 0) is 0 Å². The van der Waals surface area contributed by atoms with Crippen LogP contribution < -0.4 is 20.9 Å². The van der Waals surface area contributed by atoms with E-state index in [2.05, 4.69) is 22.1 Å². The summed E-state index contributed by atoms with van der Waals surface area (Å²) in [4.78, 5) is 24.4. The van der Waals surface area contributed by atoms with Crippen LogP contribution in [0.15, 0.2) is 24.4 Å². The summed E-state index contributed by atoms with van der Waals surface area (Å²) in [5.74, 6) is 0.0565. The lowest BCUT2D eigenvalue weighted by Gasteiger charge is -2.48. The highest BCUT2D eigenvalue weighted by Gasteiger charge is 2.41. The van der Waals surface area contributed by atoms with Crippen molar-refractivity contribution in [3.63, 3.8) is 0 Å². The first-order valence-electron chi connectivity index (χ1n) is 10.4. The number of hydrogen-bond acceptors (Lipinski definition) is 7. The average molecular weight is 444 g/mol. The van der Waals surface area contributed by atoms with Gasteiger partial charge in [0.1, 0.15) is 11.9 Å². The Labute approximate surface area is 185 Å². The van der Waals surface area contributed by atoms with Crippen molar-refractivity contribution in [2.24, 2.45) is 5.73 Å². The molecular weight excluding hydrogens is 418 g/mol. The molecule has 1 aliphatic carbocycles. The SMILES string of the molecule is CCC1C(N)N(C=N)c2cnc(Nc3ccc(C(=O)O)cc3Cl)nc2N1C1CCCC1. The predicted molar refractivity (Wildman–Crippen MR) is 122 cm³/mol. The summed E-state index contributed by atoms with van der Waals surface area (Å²) in [5.41, 5.74) is 7.86. The topological polar surface area (TPSA) is 131 Å². The molecular formula is C21H26ClN7O2. The van der Waals surface area contributed by atoms with E-state index in [9.17, 15) is 4.79 Å². The van der Waals surface area contributed by atoms with Crippen molar-refractivity contribution in [1.29, 1.82) is 5.41 Å². The van der Waals surface area contributed by atoms with E-state index in [4.69, 9.17) is 32.8 Å². The molecule has 0 spiro atoms. The number of hydrogen-bond donors (Lipinski definition) is 4. The van der Waals surface area contributed by atoms with Gasteiger partial charge in [0.25, 0.3) is 0 Å². The van der Waals surface area contributed by atoms with Crippen LogP contribution in [0.25, 0.3) is 0 Å². The number of aromatic carboxylic acids is 1. The molecule has 1 aromatic carbocycles. The second-order valence-electron chi connectivity index (χ2n) is 7.88. The number of nitrogens with one attached hydrogen (secondary N) is 2. The lowest BCUT2D eigenvalue weighted by molar-refractivity contribution is 0.0697. The molecule has 2 aromatic rings. The summed E-state index contributed by atoms with van der Waals surface area (Å²) in [6, 6.07) is 4.83. The number of nitrogens with zero attached hydrogens (tertiary/aromatic N) is 4. The summed E-state index contributed by atoms with van der Waals surface area (Å²) in [6.45, 7) is 2.10. The van der Waals surface area contributed by atoms with Gasteiger partial charge in [-0.3, -0.25) is 5.41 Å². The van der Waals surface area contributed by atoms with Crippen LogP contribution >= 0.6 is 11.6 Å². The summed E-state index contributed by atoms with van der Waals surface area (Å²) < 4.78 is 0. The number of aromatic nitrogens is 2. The minimum Gasteiger partial charge on any atom is -0.478 e. The van der Waals surface area contributed by atoms with E-state index in [1.165, 1.54) is 31.3 Å². The fourth-order valence-electron chi connectivity index (χ4n) is 4.56. The Bertz CT molecular complexity index is 996. The molecule has 10 heteroatoms. The smallest absolute Gasteiger partial charge is 0.335 e. The maximum Gasteiger partial charge on any atom is 0.335 e. The fraction of sp³-hybridized carbons (Fsp3) is 0.429. The highest BCUT2D eigenvalue weighted by molar-refractivity contribution is 6.33. The predicted octanol–water partition coefficient (Wildman–Crippen LogP) is 3.81. The maximum absolute atomic E-state index is 11.1. The average Bonchev–Trinajstić information content (AvgIpc) is 3.28. The number of carboxylic acid groups (broad SMARTS) is 1. The highest BCUT2D eigenvalue weighted by Crippen LogP contribution is 2.41. The lowest BCUT2D eigenvalue weighted by Crippen LogP contribution is -2.62. The van der Waals surface area contributed by atoms with Crippen molar-refractivity contribution < 1.29 is 9.90 Å². The van der Waals surface area contributed by atoms with Crippen molar-refractivity contribution in [1.82, 2.24) is 9.97 Å². The Morgan fingerprint density at radius 2 is 2.16 bits per heavy atom. The molecule has 0 radical (unpaired) electrons. The van der Waals surface area contributed by atoms with Crippen molar-refractivity contribution in [2.45, 2.75) is 57.3 Å². The number of carbonyl (C=O) groups is 1. The van der Waals surface area contributed by atoms with Gasteiger partial charge in [-0.15, -0.1) is 0 Å². The van der Waals surface area contributed by atoms with E-state index >= 15 is 0 Å². The van der Waals surface area contributed by atoms with Gasteiger partial charge in [0, 0.05) is 6.04 Å². The van der Waals surface area contributed by atoms with Gasteiger partial charge in [0.2, 0.25) is 5.95 Å². The van der Waals surface area contributed by atoms with Gasteiger partial charge in [0.05, 0.1) is 34.9 Å². The van der Waals surface area contributed by atoms with Crippen LogP contribution in [-0.4, -0.2) is 45.6 Å². The number of nitrogens with two attached hydrogens (primary N) is 1. The van der Waals surface area contributed by atoms with E-state index in [1.54, 1.807) is 17.2 Å². The number of halogens is 1. The Kier molecular flexibility index (Phi) is 5.97. The number of anilines is 4. The van der Waals surface area contributed by atoms with E-state index in [-0.39, 0.29) is 22.8 Å². The Morgan fingerprint density at radius 1 is 1.42 bits per heavy atom. The summed E-state index contributed by atoms with van der Waals surface area (Å²) in [7, 11) is 0. The second-order valence-corrected chi connectivity index (χ2v) is 8.28. The maximum atomic E-state index is 11.1. The third kappa shape index (κ3) is 3.90. The zero-order valence-electron chi connectivity index (χ0n) is 17.3. The summed E-state index contributed by atoms with van der Waals surface area (Å²) in [6.07, 6.45) is 7.91. The Morgan fingerprint density at radius 3 is 2.77 bits per heavy atom. The molecule has 1 fully saturated rings. The third-order valence-electron chi connectivity index (χ3n) is 6.08. The van der Waals surface area contributed by atoms with E-state index < -0.39 is 5.97 Å². The molecule has 1 saturated carbocycles. The molecule has 1 aromatic heterocycles. The van der Waals surface area contributed by atoms with Crippen LogP contribution in [0, 0.1) is 5.41 Å². The zero-order valence-corrected chi connectivity index (χ0v) is 18.0. The largest absolute Gasteiger partial charge is 0.478 e. The number of carboxylic acids is 1. The minimum absolute atomic E-state index is 0.0263. The standard InChI is InChI=1S/C21H26ClN7O2/c1-2-16-18(24)28(11-23)17-10-25-21(27-19(17)29(16)13-5-3-4-6-13)26-15-8-7-12(20(30)31)9-14(15)22/h7-11,13,16,18,23H,2-6,24H2,1H3,(H,30,31)(H,25,26,27). The molecule has 164 valence electrons. The molecule has 0 bridgehead atoms. The van der Waals surface area contributed by atoms with Crippen molar-refractivity contribution in [2.75, 3.05) is 15.1 Å². The number of rotatable bonds is 6. The van der Waals surface area contributed by atoms with Gasteiger partial charge >= 0.3 is 5.97 Å². The molecule has 4 rings (SSSR count). The molecule has 2 aliphatic rings. The van der Waals surface area contributed by atoms with E-state index in [0.29, 0.717) is 23.4 Å². The molecule has 0 amide bonds. The third-order valence-corrected chi connectivity index (χ3v) is 6.40. The lowest BCUT2D eigenvalue weighted by atomic mass is 10.0. The number of fused-ring (bicyclic) bond motifs is 1. The first kappa shape index (κ1) is 21.3. The van der Waals surface area contributed by atoms with Crippen molar-refractivity contribution in [3.8, 4) is 0 Å². The Hall–Kier alpha value is -2.91. The van der Waals surface area contributed by atoms with E-state index in [1.807, 2.05) is 0 Å². The molecule has 0 saturated heterocycles. The first-order valence-corrected chi connectivity index (χ1v) is 10.8. The molecule has 1 aliphatic heterocycles. The van der Waals surface area contributed by atoms with Crippen molar-refractivity contribution in [3.05, 3.63) is 35.0 Å². The van der Waals surface area contributed by atoms with Gasteiger partial charge < -0.3 is 26.0 Å². The van der Waals surface area contributed by atoms with Crippen molar-refractivity contribution >= 4 is 47.0 Å². The molecule has 5 N–H and O–H groups in total. The summed E-state index contributed by atoms with van der Waals surface area (Å²) in [5, 5.41) is 20.4. The summed E-state index contributed by atoms with van der Waals surface area (Å²) >= 11 is 6.26.